The van der Waals surface area contributed by atoms with Gasteiger partial charge in [-0.2, -0.15) is 0 Å². The molecule has 0 aliphatic carbocycles. The van der Waals surface area contributed by atoms with Crippen LogP contribution >= 0.6 is 0 Å². The van der Waals surface area contributed by atoms with Gasteiger partial charge >= 0.3 is 0 Å². The zero-order chi connectivity index (χ0) is 25.9. The van der Waals surface area contributed by atoms with Gasteiger partial charge in [-0.15, -0.1) is 0 Å². The van der Waals surface area contributed by atoms with Gasteiger partial charge in [-0.25, -0.2) is 25.4 Å². The summed E-state index contributed by atoms with van der Waals surface area (Å²) in [5, 5.41) is 1.26. The van der Waals surface area contributed by atoms with Crippen LogP contribution in [0.4, 0.5) is 11.4 Å². The summed E-state index contributed by atoms with van der Waals surface area (Å²) >= 11 is 0. The molecule has 0 bridgehead atoms. The molecule has 1 heterocycles. The molecule has 4 aromatic carbocycles. The quantitative estimate of drug-likeness (QED) is 0.315. The fourth-order valence-corrected chi connectivity index (χ4v) is 8.29. The predicted molar refractivity (Wildman–Crippen MR) is 144 cm³/mol. The van der Waals surface area contributed by atoms with Gasteiger partial charge in [0.2, 0.25) is 0 Å². The van der Waals surface area contributed by atoms with Crippen molar-refractivity contribution < 1.29 is 16.8 Å². The van der Waals surface area contributed by atoms with Crippen LogP contribution in [0, 0.1) is 13.8 Å². The van der Waals surface area contributed by atoms with Crippen molar-refractivity contribution >= 4 is 42.2 Å². The Morgan fingerprint density at radius 2 is 1.06 bits per heavy atom. The molecule has 6 nitrogen and oxygen atoms in total. The highest BCUT2D eigenvalue weighted by Gasteiger charge is 2.52. The Labute approximate surface area is 212 Å². The maximum atomic E-state index is 14.2. The first kappa shape index (κ1) is 24.1. The van der Waals surface area contributed by atoms with E-state index < -0.39 is 25.7 Å². The molecule has 0 amide bonds. The van der Waals surface area contributed by atoms with Crippen molar-refractivity contribution in [3.8, 4) is 0 Å². The van der Waals surface area contributed by atoms with Crippen LogP contribution in [0.2, 0.25) is 0 Å². The average molecular weight is 519 g/mol. The zero-order valence-corrected chi connectivity index (χ0v) is 21.8. The lowest BCUT2D eigenvalue weighted by atomic mass is 10.00. The summed E-state index contributed by atoms with van der Waals surface area (Å²) in [4.78, 5) is 0.121. The van der Waals surface area contributed by atoms with E-state index in [1.165, 1.54) is 39.0 Å². The lowest BCUT2D eigenvalue weighted by molar-refractivity contribution is 0.532. The molecule has 0 atom stereocenters. The van der Waals surface area contributed by atoms with Gasteiger partial charge in [-0.1, -0.05) is 66.2 Å². The molecule has 0 fully saturated rings. The number of nitrogens with zero attached hydrogens (tertiary/aromatic N) is 2. The van der Waals surface area contributed by atoms with Crippen LogP contribution in [0.5, 0.6) is 0 Å². The Kier molecular flexibility index (Phi) is 5.50. The molecule has 5 rings (SSSR count). The highest BCUT2D eigenvalue weighted by molar-refractivity contribution is 7.94. The van der Waals surface area contributed by atoms with Gasteiger partial charge in [0.25, 0.3) is 20.0 Å². The van der Waals surface area contributed by atoms with E-state index in [-0.39, 0.29) is 9.79 Å². The van der Waals surface area contributed by atoms with Crippen LogP contribution < -0.4 is 8.61 Å². The summed E-state index contributed by atoms with van der Waals surface area (Å²) in [6.07, 6.45) is 1.37. The molecule has 0 spiro atoms. The van der Waals surface area contributed by atoms with Gasteiger partial charge in [0.15, 0.2) is 5.66 Å². The topological polar surface area (TPSA) is 74.8 Å². The fraction of sp³-hybridized carbons (Fsp3) is 0.143. The first-order chi connectivity index (χ1) is 17.0. The largest absolute Gasteiger partial charge is 0.266 e. The predicted octanol–water partition coefficient (Wildman–Crippen LogP) is 5.76. The summed E-state index contributed by atoms with van der Waals surface area (Å²) in [6, 6.07) is 23.6. The number of hydrogen-bond donors (Lipinski definition) is 0. The van der Waals surface area contributed by atoms with Crippen LogP contribution in [0.3, 0.4) is 0 Å². The molecule has 184 valence electrons. The van der Waals surface area contributed by atoms with E-state index >= 15 is 0 Å². The van der Waals surface area contributed by atoms with Crippen LogP contribution in [0.1, 0.15) is 18.1 Å². The number of anilines is 2. The number of aryl methyl sites for hydroxylation is 2. The Morgan fingerprint density at radius 1 is 0.667 bits per heavy atom. The molecule has 0 aromatic heterocycles. The summed E-state index contributed by atoms with van der Waals surface area (Å²) in [6.45, 7) is 9.23. The fourth-order valence-electron chi connectivity index (χ4n) is 4.75. The monoisotopic (exact) mass is 518 g/mol. The molecule has 0 saturated carbocycles. The molecule has 0 radical (unpaired) electrons. The molecule has 1 aliphatic heterocycles. The van der Waals surface area contributed by atoms with E-state index in [0.717, 1.165) is 16.5 Å². The molecule has 8 heteroatoms. The molecule has 0 unspecified atom stereocenters. The van der Waals surface area contributed by atoms with Crippen molar-refractivity contribution in [1.29, 1.82) is 0 Å². The van der Waals surface area contributed by atoms with Crippen LogP contribution in [-0.2, 0) is 20.0 Å². The van der Waals surface area contributed by atoms with E-state index in [2.05, 4.69) is 6.58 Å². The highest BCUT2D eigenvalue weighted by Crippen LogP contribution is 2.50. The Hall–Kier alpha value is -3.62. The summed E-state index contributed by atoms with van der Waals surface area (Å²) in [7, 11) is -8.43. The average Bonchev–Trinajstić information content (AvgIpc) is 2.84. The number of benzene rings is 4. The molecule has 0 saturated heterocycles. The van der Waals surface area contributed by atoms with Gasteiger partial charge in [0.05, 0.1) is 21.2 Å². The number of sulfonamides is 2. The standard InChI is InChI=1S/C28H26N2O4S2/c1-5-28(4)29(35(31,32)23-16-12-20(2)13-17-23)25-10-6-8-22-9-7-11-26(27(22)25)30(28)36(33,34)24-18-14-21(3)15-19-24/h5-19H,1H2,2-4H3. The maximum absolute atomic E-state index is 14.2. The SMILES string of the molecule is C=CC1(C)N(S(=O)(=O)c2ccc(C)cc2)c2cccc3cccc(c23)N1S(=O)(=O)c1ccc(C)cc1. The van der Waals surface area contributed by atoms with Crippen LogP contribution in [0.15, 0.2) is 107 Å². The van der Waals surface area contributed by atoms with Crippen LogP contribution in [0.25, 0.3) is 10.8 Å². The van der Waals surface area contributed by atoms with Crippen molar-refractivity contribution in [3.05, 3.63) is 109 Å². The molecular weight excluding hydrogens is 492 g/mol. The van der Waals surface area contributed by atoms with E-state index in [9.17, 15) is 16.8 Å². The van der Waals surface area contributed by atoms with Crippen molar-refractivity contribution in [2.45, 2.75) is 36.2 Å². The Balaban J connectivity index is 1.88. The van der Waals surface area contributed by atoms with Gasteiger partial charge in [0, 0.05) is 5.39 Å². The summed E-state index contributed by atoms with van der Waals surface area (Å²) in [5.41, 5.74) is 0.920. The van der Waals surface area contributed by atoms with Crippen molar-refractivity contribution in [1.82, 2.24) is 0 Å². The first-order valence-electron chi connectivity index (χ1n) is 11.4. The third-order valence-corrected chi connectivity index (χ3v) is 10.5. The number of hydrogen-bond acceptors (Lipinski definition) is 4. The summed E-state index contributed by atoms with van der Waals surface area (Å²) in [5.74, 6) is 0. The minimum atomic E-state index is -4.21. The van der Waals surface area contributed by atoms with Gasteiger partial charge in [0.1, 0.15) is 0 Å². The lowest BCUT2D eigenvalue weighted by Crippen LogP contribution is -2.63. The normalized spacial score (nSPS) is 15.2. The van der Waals surface area contributed by atoms with Gasteiger partial charge in [-0.05, 0) is 68.6 Å². The molecule has 0 N–H and O–H groups in total. The van der Waals surface area contributed by atoms with Crippen molar-refractivity contribution in [2.75, 3.05) is 8.61 Å². The van der Waals surface area contributed by atoms with Gasteiger partial charge in [-0.3, -0.25) is 0 Å². The van der Waals surface area contributed by atoms with E-state index in [1.54, 1.807) is 55.5 Å². The van der Waals surface area contributed by atoms with E-state index in [0.29, 0.717) is 16.8 Å². The minimum absolute atomic E-state index is 0.0604. The zero-order valence-electron chi connectivity index (χ0n) is 20.2. The molecule has 36 heavy (non-hydrogen) atoms. The first-order valence-corrected chi connectivity index (χ1v) is 14.3. The second kappa shape index (κ2) is 8.21. The number of rotatable bonds is 5. The lowest BCUT2D eigenvalue weighted by Gasteiger charge is -2.50. The maximum Gasteiger partial charge on any atom is 0.266 e. The van der Waals surface area contributed by atoms with Gasteiger partial charge < -0.3 is 0 Å². The van der Waals surface area contributed by atoms with Crippen LogP contribution in [-0.4, -0.2) is 22.5 Å². The smallest absolute Gasteiger partial charge is 0.237 e. The third kappa shape index (κ3) is 3.43. The second-order valence-corrected chi connectivity index (χ2v) is 12.7. The molecule has 4 aromatic rings. The Bertz CT molecular complexity index is 1590. The third-order valence-electron chi connectivity index (χ3n) is 6.63. The molecular formula is C28H26N2O4S2. The highest BCUT2D eigenvalue weighted by atomic mass is 32.2. The van der Waals surface area contributed by atoms with E-state index in [4.69, 9.17) is 0 Å². The van der Waals surface area contributed by atoms with Crippen molar-refractivity contribution in [2.24, 2.45) is 0 Å². The summed E-state index contributed by atoms with van der Waals surface area (Å²) < 4.78 is 59.3. The second-order valence-electron chi connectivity index (χ2n) is 9.12. The Morgan fingerprint density at radius 3 is 1.42 bits per heavy atom. The van der Waals surface area contributed by atoms with Crippen molar-refractivity contribution in [3.63, 3.8) is 0 Å². The minimum Gasteiger partial charge on any atom is -0.237 e. The van der Waals surface area contributed by atoms with E-state index in [1.807, 2.05) is 26.0 Å². The molecule has 1 aliphatic rings.